The van der Waals surface area contributed by atoms with Gasteiger partial charge in [-0.2, -0.15) is 0 Å². The molecule has 34 heavy (non-hydrogen) atoms. The van der Waals surface area contributed by atoms with Gasteiger partial charge in [-0.1, -0.05) is 48.4 Å². The Morgan fingerprint density at radius 2 is 1.68 bits per heavy atom. The minimum absolute atomic E-state index is 0.108. The molecular weight excluding hydrogens is 474 g/mol. The quantitative estimate of drug-likeness (QED) is 0.467. The molecule has 2 rings (SSSR count). The maximum Gasteiger partial charge on any atom is 0.242 e. The minimum atomic E-state index is -3.54. The topological polar surface area (TPSA) is 86.8 Å². The highest BCUT2D eigenvalue weighted by atomic mass is 35.5. The Balaban J connectivity index is 2.13. The van der Waals surface area contributed by atoms with E-state index in [0.29, 0.717) is 30.2 Å². The molecule has 0 aromatic heterocycles. The summed E-state index contributed by atoms with van der Waals surface area (Å²) >= 11 is 5.92. The van der Waals surface area contributed by atoms with Crippen molar-refractivity contribution in [1.82, 2.24) is 10.2 Å². The van der Waals surface area contributed by atoms with Crippen LogP contribution < -0.4 is 9.62 Å². The van der Waals surface area contributed by atoms with Crippen molar-refractivity contribution < 1.29 is 18.0 Å². The van der Waals surface area contributed by atoms with Crippen LogP contribution in [0.25, 0.3) is 0 Å². The van der Waals surface area contributed by atoms with Crippen LogP contribution in [-0.4, -0.2) is 50.5 Å². The standard InChI is InChI=1S/C25H34ClN3O4S/c1-5-16-27-25(31)20(3)28(18-21-10-8-19(2)9-11-21)24(30)7-6-17-29(34(4,32)33)23-14-12-22(26)13-15-23/h8-15,20H,5-7,16-18H2,1-4H3,(H,27,31). The lowest BCUT2D eigenvalue weighted by Crippen LogP contribution is -2.47. The van der Waals surface area contributed by atoms with E-state index in [1.807, 2.05) is 38.1 Å². The van der Waals surface area contributed by atoms with Crippen molar-refractivity contribution in [2.45, 2.75) is 52.6 Å². The molecule has 0 aliphatic heterocycles. The molecule has 7 nitrogen and oxygen atoms in total. The van der Waals surface area contributed by atoms with Crippen molar-refractivity contribution in [3.05, 3.63) is 64.7 Å². The molecule has 0 heterocycles. The van der Waals surface area contributed by atoms with Crippen LogP contribution in [0.15, 0.2) is 48.5 Å². The summed E-state index contributed by atoms with van der Waals surface area (Å²) in [6.45, 7) is 6.65. The normalized spacial score (nSPS) is 12.1. The Morgan fingerprint density at radius 3 is 2.24 bits per heavy atom. The molecule has 0 saturated heterocycles. The average molecular weight is 508 g/mol. The Hall–Kier alpha value is -2.58. The molecule has 0 aliphatic rings. The first-order valence-electron chi connectivity index (χ1n) is 11.4. The summed E-state index contributed by atoms with van der Waals surface area (Å²) in [5.41, 5.74) is 2.52. The maximum absolute atomic E-state index is 13.2. The number of carbonyl (C=O) groups is 2. The number of hydrogen-bond donors (Lipinski definition) is 1. The van der Waals surface area contributed by atoms with E-state index < -0.39 is 16.1 Å². The number of rotatable bonds is 12. The Morgan fingerprint density at radius 1 is 1.06 bits per heavy atom. The van der Waals surface area contributed by atoms with Gasteiger partial charge in [0.2, 0.25) is 21.8 Å². The predicted molar refractivity (Wildman–Crippen MR) is 137 cm³/mol. The van der Waals surface area contributed by atoms with Crippen LogP contribution >= 0.6 is 11.6 Å². The van der Waals surface area contributed by atoms with Crippen LogP contribution in [-0.2, 0) is 26.2 Å². The van der Waals surface area contributed by atoms with Crippen molar-refractivity contribution in [3.8, 4) is 0 Å². The SMILES string of the molecule is CCCNC(=O)C(C)N(Cc1ccc(C)cc1)C(=O)CCCN(c1ccc(Cl)cc1)S(C)(=O)=O. The van der Waals surface area contributed by atoms with Crippen LogP contribution in [0.4, 0.5) is 5.69 Å². The molecule has 0 bridgehead atoms. The van der Waals surface area contributed by atoms with Gasteiger partial charge in [0, 0.05) is 31.1 Å². The van der Waals surface area contributed by atoms with Crippen molar-refractivity contribution in [3.63, 3.8) is 0 Å². The molecule has 0 radical (unpaired) electrons. The fourth-order valence-corrected chi connectivity index (χ4v) is 4.57. The number of carbonyl (C=O) groups excluding carboxylic acids is 2. The second-order valence-corrected chi connectivity index (χ2v) is 10.7. The third kappa shape index (κ3) is 8.33. The van der Waals surface area contributed by atoms with Gasteiger partial charge < -0.3 is 10.2 Å². The molecule has 2 aromatic rings. The molecule has 9 heteroatoms. The summed E-state index contributed by atoms with van der Waals surface area (Å²) in [5, 5.41) is 3.36. The lowest BCUT2D eigenvalue weighted by molar-refractivity contribution is -0.140. The first kappa shape index (κ1) is 27.7. The number of benzene rings is 2. The first-order valence-corrected chi connectivity index (χ1v) is 13.6. The molecule has 0 saturated carbocycles. The van der Waals surface area contributed by atoms with Crippen molar-refractivity contribution >= 4 is 39.1 Å². The van der Waals surface area contributed by atoms with Gasteiger partial charge >= 0.3 is 0 Å². The summed E-state index contributed by atoms with van der Waals surface area (Å²) in [4.78, 5) is 27.4. The van der Waals surface area contributed by atoms with Gasteiger partial charge in [0.15, 0.2) is 0 Å². The van der Waals surface area contributed by atoms with Crippen LogP contribution in [0, 0.1) is 6.92 Å². The molecule has 0 fully saturated rings. The van der Waals surface area contributed by atoms with Crippen LogP contribution in [0.1, 0.15) is 44.2 Å². The van der Waals surface area contributed by atoms with Gasteiger partial charge in [-0.3, -0.25) is 13.9 Å². The summed E-state index contributed by atoms with van der Waals surface area (Å²) in [6, 6.07) is 13.7. The van der Waals surface area contributed by atoms with Crippen molar-refractivity contribution in [2.75, 3.05) is 23.7 Å². The van der Waals surface area contributed by atoms with E-state index >= 15 is 0 Å². The smallest absolute Gasteiger partial charge is 0.242 e. The lowest BCUT2D eigenvalue weighted by Gasteiger charge is -2.29. The zero-order chi connectivity index (χ0) is 25.3. The number of hydrogen-bond acceptors (Lipinski definition) is 4. The highest BCUT2D eigenvalue weighted by Gasteiger charge is 2.26. The molecule has 1 unspecified atom stereocenters. The van der Waals surface area contributed by atoms with Crippen LogP contribution in [0.2, 0.25) is 5.02 Å². The van der Waals surface area contributed by atoms with E-state index in [4.69, 9.17) is 11.6 Å². The minimum Gasteiger partial charge on any atom is -0.354 e. The number of aryl methyl sites for hydroxylation is 1. The molecule has 0 aliphatic carbocycles. The zero-order valence-corrected chi connectivity index (χ0v) is 21.8. The molecule has 2 amide bonds. The summed E-state index contributed by atoms with van der Waals surface area (Å²) in [5.74, 6) is -0.412. The summed E-state index contributed by atoms with van der Waals surface area (Å²) in [7, 11) is -3.54. The molecule has 1 atom stereocenters. The maximum atomic E-state index is 13.2. The molecule has 2 aromatic carbocycles. The summed E-state index contributed by atoms with van der Waals surface area (Å²) < 4.78 is 25.9. The lowest BCUT2D eigenvalue weighted by atomic mass is 10.1. The Kier molecular flexibility index (Phi) is 10.4. The third-order valence-corrected chi connectivity index (χ3v) is 6.90. The number of anilines is 1. The van der Waals surface area contributed by atoms with Gasteiger partial charge in [-0.25, -0.2) is 8.42 Å². The van der Waals surface area contributed by atoms with E-state index in [1.54, 1.807) is 36.1 Å². The average Bonchev–Trinajstić information content (AvgIpc) is 2.79. The third-order valence-electron chi connectivity index (χ3n) is 5.46. The van der Waals surface area contributed by atoms with Gasteiger partial charge in [-0.15, -0.1) is 0 Å². The number of nitrogens with one attached hydrogen (secondary N) is 1. The van der Waals surface area contributed by atoms with E-state index in [-0.39, 0.29) is 24.8 Å². The number of sulfonamides is 1. The monoisotopic (exact) mass is 507 g/mol. The first-order chi connectivity index (χ1) is 16.0. The Bertz CT molecular complexity index is 1060. The molecular formula is C25H34ClN3O4S. The fourth-order valence-electron chi connectivity index (χ4n) is 3.48. The number of amides is 2. The Labute approximate surface area is 208 Å². The highest BCUT2D eigenvalue weighted by molar-refractivity contribution is 7.92. The van der Waals surface area contributed by atoms with Gasteiger partial charge in [0.1, 0.15) is 6.04 Å². The van der Waals surface area contributed by atoms with Crippen LogP contribution in [0.5, 0.6) is 0 Å². The predicted octanol–water partition coefficient (Wildman–Crippen LogP) is 4.14. The van der Waals surface area contributed by atoms with E-state index in [2.05, 4.69) is 5.32 Å². The highest BCUT2D eigenvalue weighted by Crippen LogP contribution is 2.21. The van der Waals surface area contributed by atoms with Gasteiger partial charge in [0.25, 0.3) is 0 Å². The zero-order valence-electron chi connectivity index (χ0n) is 20.3. The second kappa shape index (κ2) is 12.8. The fraction of sp³-hybridized carbons (Fsp3) is 0.440. The van der Waals surface area contributed by atoms with Crippen molar-refractivity contribution in [1.29, 1.82) is 0 Å². The molecule has 186 valence electrons. The van der Waals surface area contributed by atoms with E-state index in [9.17, 15) is 18.0 Å². The molecule has 1 N–H and O–H groups in total. The van der Waals surface area contributed by atoms with Crippen molar-refractivity contribution in [2.24, 2.45) is 0 Å². The van der Waals surface area contributed by atoms with Gasteiger partial charge in [-0.05, 0) is 56.5 Å². The van der Waals surface area contributed by atoms with Crippen LogP contribution in [0.3, 0.4) is 0 Å². The second-order valence-electron chi connectivity index (χ2n) is 8.39. The molecule has 0 spiro atoms. The van der Waals surface area contributed by atoms with E-state index in [0.717, 1.165) is 23.8 Å². The van der Waals surface area contributed by atoms with Gasteiger partial charge in [0.05, 0.1) is 11.9 Å². The largest absolute Gasteiger partial charge is 0.354 e. The van der Waals surface area contributed by atoms with E-state index in [1.165, 1.54) is 4.31 Å². The summed E-state index contributed by atoms with van der Waals surface area (Å²) in [6.07, 6.45) is 2.35. The number of halogens is 1. The number of nitrogens with zero attached hydrogens (tertiary/aromatic N) is 2.